The molecule has 1 N–H and O–H groups in total. The summed E-state index contributed by atoms with van der Waals surface area (Å²) in [6, 6.07) is 0.729. The average Bonchev–Trinajstić information content (AvgIpc) is 2.17. The minimum absolute atomic E-state index is 0.729. The first kappa shape index (κ1) is 11.0. The minimum Gasteiger partial charge on any atom is -0.315 e. The van der Waals surface area contributed by atoms with Crippen molar-refractivity contribution in [2.75, 3.05) is 6.54 Å². The summed E-state index contributed by atoms with van der Waals surface area (Å²) in [6.07, 6.45) is 10.3. The molecule has 0 spiro atoms. The first-order valence-corrected chi connectivity index (χ1v) is 6.06. The molecule has 1 aliphatic rings. The van der Waals surface area contributed by atoms with Gasteiger partial charge in [-0.15, -0.1) is 0 Å². The van der Waals surface area contributed by atoms with Gasteiger partial charge in [-0.25, -0.2) is 0 Å². The van der Waals surface area contributed by atoms with E-state index in [4.69, 9.17) is 0 Å². The quantitative estimate of drug-likeness (QED) is 0.689. The highest BCUT2D eigenvalue weighted by Crippen LogP contribution is 2.27. The van der Waals surface area contributed by atoms with E-state index in [1.165, 1.54) is 44.9 Å². The van der Waals surface area contributed by atoms with Crippen LogP contribution in [0.25, 0.3) is 0 Å². The molecule has 78 valence electrons. The van der Waals surface area contributed by atoms with Crippen molar-refractivity contribution in [1.82, 2.24) is 5.32 Å². The first-order chi connectivity index (χ1) is 6.33. The molecule has 1 nitrogen and oxygen atoms in total. The summed E-state index contributed by atoms with van der Waals surface area (Å²) < 4.78 is 0. The standard InChI is InChI=1S/C12H25N/c1-3-13-11(2)9-10-12-7-5-4-6-8-12/h11-13H,3-10H2,1-2H3. The van der Waals surface area contributed by atoms with E-state index in [1.54, 1.807) is 0 Å². The maximum Gasteiger partial charge on any atom is 0.00387 e. The van der Waals surface area contributed by atoms with Gasteiger partial charge in [0.25, 0.3) is 0 Å². The Hall–Kier alpha value is -0.0400. The molecule has 0 heterocycles. The van der Waals surface area contributed by atoms with Crippen LogP contribution in [-0.4, -0.2) is 12.6 Å². The Morgan fingerprint density at radius 1 is 1.23 bits per heavy atom. The number of hydrogen-bond donors (Lipinski definition) is 1. The van der Waals surface area contributed by atoms with E-state index in [-0.39, 0.29) is 0 Å². The van der Waals surface area contributed by atoms with Crippen LogP contribution in [0.5, 0.6) is 0 Å². The summed E-state index contributed by atoms with van der Waals surface area (Å²) in [5.41, 5.74) is 0. The molecule has 1 heteroatoms. The van der Waals surface area contributed by atoms with Crippen LogP contribution in [0.1, 0.15) is 58.8 Å². The molecule has 0 aromatic heterocycles. The zero-order chi connectivity index (χ0) is 9.52. The monoisotopic (exact) mass is 183 g/mol. The van der Waals surface area contributed by atoms with Crippen molar-refractivity contribution in [3.63, 3.8) is 0 Å². The number of rotatable bonds is 5. The smallest absolute Gasteiger partial charge is 0.00387 e. The highest BCUT2D eigenvalue weighted by atomic mass is 14.9. The first-order valence-electron chi connectivity index (χ1n) is 6.06. The lowest BCUT2D eigenvalue weighted by Crippen LogP contribution is -2.26. The SMILES string of the molecule is CCNC(C)CCC1CCCCC1. The van der Waals surface area contributed by atoms with Gasteiger partial charge in [0, 0.05) is 6.04 Å². The summed E-state index contributed by atoms with van der Waals surface area (Å²) >= 11 is 0. The van der Waals surface area contributed by atoms with Crippen LogP contribution in [0.4, 0.5) is 0 Å². The van der Waals surface area contributed by atoms with Crippen molar-refractivity contribution in [2.24, 2.45) is 5.92 Å². The summed E-state index contributed by atoms with van der Waals surface area (Å²) in [5, 5.41) is 3.49. The predicted octanol–water partition coefficient (Wildman–Crippen LogP) is 3.34. The third kappa shape index (κ3) is 4.66. The van der Waals surface area contributed by atoms with Gasteiger partial charge in [-0.05, 0) is 32.2 Å². The lowest BCUT2D eigenvalue weighted by atomic mass is 9.85. The molecule has 0 aromatic carbocycles. The van der Waals surface area contributed by atoms with Gasteiger partial charge in [0.1, 0.15) is 0 Å². The molecule has 0 aliphatic heterocycles. The molecular formula is C12H25N. The average molecular weight is 183 g/mol. The summed E-state index contributed by atoms with van der Waals surface area (Å²) in [5.74, 6) is 1.05. The lowest BCUT2D eigenvalue weighted by molar-refractivity contribution is 0.318. The molecule has 13 heavy (non-hydrogen) atoms. The maximum absolute atomic E-state index is 3.49. The van der Waals surface area contributed by atoms with Crippen molar-refractivity contribution in [1.29, 1.82) is 0 Å². The topological polar surface area (TPSA) is 12.0 Å². The Bertz CT molecular complexity index is 116. The van der Waals surface area contributed by atoms with E-state index in [2.05, 4.69) is 19.2 Å². The zero-order valence-electron chi connectivity index (χ0n) is 9.31. The van der Waals surface area contributed by atoms with Gasteiger partial charge in [0.2, 0.25) is 0 Å². The van der Waals surface area contributed by atoms with Crippen LogP contribution in [0, 0.1) is 5.92 Å². The van der Waals surface area contributed by atoms with Crippen molar-refractivity contribution < 1.29 is 0 Å². The van der Waals surface area contributed by atoms with Crippen LogP contribution in [0.2, 0.25) is 0 Å². The van der Waals surface area contributed by atoms with Crippen molar-refractivity contribution in [3.8, 4) is 0 Å². The van der Waals surface area contributed by atoms with Gasteiger partial charge in [-0.1, -0.05) is 39.0 Å². The molecular weight excluding hydrogens is 158 g/mol. The van der Waals surface area contributed by atoms with Gasteiger partial charge in [0.15, 0.2) is 0 Å². The van der Waals surface area contributed by atoms with Gasteiger partial charge in [0.05, 0.1) is 0 Å². The molecule has 1 aliphatic carbocycles. The van der Waals surface area contributed by atoms with Gasteiger partial charge < -0.3 is 5.32 Å². The van der Waals surface area contributed by atoms with Gasteiger partial charge in [-0.3, -0.25) is 0 Å². The highest BCUT2D eigenvalue weighted by molar-refractivity contribution is 4.68. The van der Waals surface area contributed by atoms with E-state index in [0.717, 1.165) is 18.5 Å². The van der Waals surface area contributed by atoms with Crippen LogP contribution < -0.4 is 5.32 Å². The van der Waals surface area contributed by atoms with E-state index >= 15 is 0 Å². The summed E-state index contributed by atoms with van der Waals surface area (Å²) in [4.78, 5) is 0. The molecule has 1 atom stereocenters. The molecule has 0 amide bonds. The molecule has 0 aromatic rings. The Kier molecular flexibility index (Phi) is 5.45. The number of hydrogen-bond acceptors (Lipinski definition) is 1. The largest absolute Gasteiger partial charge is 0.315 e. The van der Waals surface area contributed by atoms with Crippen LogP contribution in [0.15, 0.2) is 0 Å². The summed E-state index contributed by atoms with van der Waals surface area (Å²) in [6.45, 7) is 5.62. The fourth-order valence-electron chi connectivity index (χ4n) is 2.41. The van der Waals surface area contributed by atoms with Crippen LogP contribution >= 0.6 is 0 Å². The second-order valence-electron chi connectivity index (χ2n) is 4.54. The van der Waals surface area contributed by atoms with Crippen molar-refractivity contribution in [2.45, 2.75) is 64.8 Å². The third-order valence-corrected chi connectivity index (χ3v) is 3.29. The van der Waals surface area contributed by atoms with E-state index in [9.17, 15) is 0 Å². The molecule has 0 bridgehead atoms. The second-order valence-corrected chi connectivity index (χ2v) is 4.54. The highest BCUT2D eigenvalue weighted by Gasteiger charge is 2.13. The maximum atomic E-state index is 3.49. The van der Waals surface area contributed by atoms with Crippen molar-refractivity contribution in [3.05, 3.63) is 0 Å². The van der Waals surface area contributed by atoms with Gasteiger partial charge >= 0.3 is 0 Å². The van der Waals surface area contributed by atoms with Crippen LogP contribution in [-0.2, 0) is 0 Å². The minimum atomic E-state index is 0.729. The molecule has 1 fully saturated rings. The Morgan fingerprint density at radius 3 is 2.54 bits per heavy atom. The van der Waals surface area contributed by atoms with E-state index in [1.807, 2.05) is 0 Å². The van der Waals surface area contributed by atoms with E-state index < -0.39 is 0 Å². The fourth-order valence-corrected chi connectivity index (χ4v) is 2.41. The Balaban J connectivity index is 2.03. The lowest BCUT2D eigenvalue weighted by Gasteiger charge is -2.23. The summed E-state index contributed by atoms with van der Waals surface area (Å²) in [7, 11) is 0. The van der Waals surface area contributed by atoms with Crippen LogP contribution in [0.3, 0.4) is 0 Å². The number of nitrogens with one attached hydrogen (secondary N) is 1. The molecule has 0 saturated heterocycles. The van der Waals surface area contributed by atoms with E-state index in [0.29, 0.717) is 0 Å². The Morgan fingerprint density at radius 2 is 1.92 bits per heavy atom. The normalized spacial score (nSPS) is 21.7. The molecule has 0 radical (unpaired) electrons. The third-order valence-electron chi connectivity index (χ3n) is 3.29. The second kappa shape index (κ2) is 6.42. The Labute approximate surface area is 83.3 Å². The molecule has 1 rings (SSSR count). The molecule has 1 saturated carbocycles. The zero-order valence-corrected chi connectivity index (χ0v) is 9.31. The van der Waals surface area contributed by atoms with Crippen molar-refractivity contribution >= 4 is 0 Å². The predicted molar refractivity (Wildman–Crippen MR) is 58.9 cm³/mol. The fraction of sp³-hybridized carbons (Fsp3) is 1.00. The van der Waals surface area contributed by atoms with Gasteiger partial charge in [-0.2, -0.15) is 0 Å². The molecule has 1 unspecified atom stereocenters.